The number of pyridine rings is 1. The molecule has 21 heavy (non-hydrogen) atoms. The second kappa shape index (κ2) is 8.34. The summed E-state index contributed by atoms with van der Waals surface area (Å²) in [6.07, 6.45) is 4.71. The van der Waals surface area contributed by atoms with Gasteiger partial charge in [-0.1, -0.05) is 23.7 Å². The molecule has 2 aromatic rings. The molecule has 0 aliphatic rings. The zero-order chi connectivity index (χ0) is 14.4. The van der Waals surface area contributed by atoms with E-state index in [1.807, 2.05) is 18.2 Å². The van der Waals surface area contributed by atoms with Crippen molar-refractivity contribution >= 4 is 23.7 Å². The maximum absolute atomic E-state index is 13.4. The molecule has 1 amide bonds. The molecule has 0 aliphatic heterocycles. The molecule has 0 saturated carbocycles. The summed E-state index contributed by atoms with van der Waals surface area (Å²) < 4.78 is 15.1. The van der Waals surface area contributed by atoms with Crippen LogP contribution in [0.25, 0.3) is 0 Å². The molecule has 0 atom stereocenters. The molecule has 0 radical (unpaired) electrons. The molecule has 0 saturated heterocycles. The van der Waals surface area contributed by atoms with Gasteiger partial charge in [-0.2, -0.15) is 9.67 Å². The van der Waals surface area contributed by atoms with Gasteiger partial charge in [0.1, 0.15) is 5.82 Å². The van der Waals surface area contributed by atoms with Crippen molar-refractivity contribution in [2.45, 2.75) is 6.54 Å². The molecule has 4 nitrogen and oxygen atoms in total. The average Bonchev–Trinajstić information content (AvgIpc) is 2.43. The minimum Gasteiger partial charge on any atom is -1.00 e. The van der Waals surface area contributed by atoms with Crippen LogP contribution in [0.2, 0.25) is 5.02 Å². The predicted molar refractivity (Wildman–Crippen MR) is 73.8 cm³/mol. The van der Waals surface area contributed by atoms with Crippen molar-refractivity contribution in [3.05, 3.63) is 65.2 Å². The molecule has 0 aliphatic carbocycles. The third-order valence-electron chi connectivity index (χ3n) is 2.49. The Hall–Kier alpha value is -1.98. The Morgan fingerprint density at radius 1 is 1.29 bits per heavy atom. The third kappa shape index (κ3) is 5.13. The number of carbonyl (C=O) groups is 1. The van der Waals surface area contributed by atoms with Gasteiger partial charge in [-0.05, 0) is 12.1 Å². The largest absolute Gasteiger partial charge is 1.00 e. The number of amides is 1. The van der Waals surface area contributed by atoms with E-state index in [0.29, 0.717) is 0 Å². The second-order valence-electron chi connectivity index (χ2n) is 3.98. The number of carbonyl (C=O) groups excluding carboxylic acids is 1. The fourth-order valence-corrected chi connectivity index (χ4v) is 1.76. The van der Waals surface area contributed by atoms with Crippen molar-refractivity contribution in [1.82, 2.24) is 5.43 Å². The van der Waals surface area contributed by atoms with Crippen LogP contribution in [0.15, 0.2) is 53.9 Å². The van der Waals surface area contributed by atoms with E-state index in [1.54, 1.807) is 23.0 Å². The topological polar surface area (TPSA) is 45.3 Å². The Bertz CT molecular complexity index is 615. The lowest BCUT2D eigenvalue weighted by Gasteiger charge is -1.99. The third-order valence-corrected chi connectivity index (χ3v) is 2.82. The summed E-state index contributed by atoms with van der Waals surface area (Å²) in [5.74, 6) is -0.808. The van der Waals surface area contributed by atoms with E-state index in [9.17, 15) is 9.18 Å². The number of hydrogen-bond donors (Lipinski definition) is 1. The highest BCUT2D eigenvalue weighted by Crippen LogP contribution is 2.16. The lowest BCUT2D eigenvalue weighted by Crippen LogP contribution is -3.00. The van der Waals surface area contributed by atoms with Crippen molar-refractivity contribution in [1.29, 1.82) is 0 Å². The first kappa shape index (κ1) is 17.1. The van der Waals surface area contributed by atoms with Gasteiger partial charge in [-0.3, -0.25) is 4.79 Å². The quantitative estimate of drug-likeness (QED) is 0.433. The summed E-state index contributed by atoms with van der Waals surface area (Å²) in [5.41, 5.74) is 2.46. The lowest BCUT2D eigenvalue weighted by atomic mass is 10.2. The number of nitrogens with one attached hydrogen (secondary N) is 1. The number of rotatable bonds is 4. The van der Waals surface area contributed by atoms with E-state index in [-0.39, 0.29) is 35.4 Å². The highest BCUT2D eigenvalue weighted by Gasteiger charge is 2.07. The van der Waals surface area contributed by atoms with Gasteiger partial charge in [-0.25, -0.2) is 9.82 Å². The summed E-state index contributed by atoms with van der Waals surface area (Å²) >= 11 is 5.83. The highest BCUT2D eigenvalue weighted by molar-refractivity contribution is 6.33. The Balaban J connectivity index is 0.00000220. The van der Waals surface area contributed by atoms with Crippen molar-refractivity contribution in [3.8, 4) is 0 Å². The van der Waals surface area contributed by atoms with Crippen molar-refractivity contribution in [3.63, 3.8) is 0 Å². The lowest BCUT2D eigenvalue weighted by molar-refractivity contribution is -0.684. The minimum atomic E-state index is -0.493. The smallest absolute Gasteiger partial charge is 0.305 e. The van der Waals surface area contributed by atoms with Crippen LogP contribution in [0.5, 0.6) is 0 Å². The van der Waals surface area contributed by atoms with Crippen molar-refractivity contribution in [2.75, 3.05) is 0 Å². The molecule has 1 N–H and O–H groups in total. The van der Waals surface area contributed by atoms with E-state index < -0.39 is 5.82 Å². The number of nitrogens with zero attached hydrogens (tertiary/aromatic N) is 2. The van der Waals surface area contributed by atoms with Crippen LogP contribution in [-0.2, 0) is 11.3 Å². The van der Waals surface area contributed by atoms with E-state index >= 15 is 0 Å². The van der Waals surface area contributed by atoms with Gasteiger partial charge in [0.05, 0.1) is 11.2 Å². The molecule has 0 spiro atoms. The zero-order valence-electron chi connectivity index (χ0n) is 10.8. The molecule has 1 heterocycles. The molecule has 7 heteroatoms. The Kier molecular flexibility index (Phi) is 6.78. The highest BCUT2D eigenvalue weighted by atomic mass is 35.5. The summed E-state index contributed by atoms with van der Waals surface area (Å²) in [6.45, 7) is 0.128. The van der Waals surface area contributed by atoms with E-state index in [0.717, 1.165) is 0 Å². The van der Waals surface area contributed by atoms with E-state index in [1.165, 1.54) is 18.3 Å². The number of benzene rings is 1. The van der Waals surface area contributed by atoms with Crippen molar-refractivity contribution < 1.29 is 26.2 Å². The van der Waals surface area contributed by atoms with Crippen LogP contribution in [0.4, 0.5) is 4.39 Å². The fourth-order valence-electron chi connectivity index (χ4n) is 1.54. The van der Waals surface area contributed by atoms with Crippen LogP contribution in [0, 0.1) is 5.82 Å². The normalized spacial score (nSPS) is 10.2. The van der Waals surface area contributed by atoms with Gasteiger partial charge in [0, 0.05) is 17.7 Å². The van der Waals surface area contributed by atoms with E-state index in [2.05, 4.69) is 10.5 Å². The van der Waals surface area contributed by atoms with Gasteiger partial charge >= 0.3 is 5.91 Å². The van der Waals surface area contributed by atoms with Crippen LogP contribution >= 0.6 is 11.6 Å². The Morgan fingerprint density at radius 3 is 2.67 bits per heavy atom. The first-order chi connectivity index (χ1) is 9.66. The molecule has 2 rings (SSSR count). The molecule has 1 aromatic heterocycles. The van der Waals surface area contributed by atoms with E-state index in [4.69, 9.17) is 11.6 Å². The monoisotopic (exact) mass is 327 g/mol. The number of hydrazone groups is 1. The summed E-state index contributed by atoms with van der Waals surface area (Å²) in [4.78, 5) is 11.6. The molecule has 1 aromatic carbocycles. The van der Waals surface area contributed by atoms with Crippen LogP contribution in [-0.4, -0.2) is 12.1 Å². The van der Waals surface area contributed by atoms with Crippen molar-refractivity contribution in [2.24, 2.45) is 5.10 Å². The molecule has 0 bridgehead atoms. The van der Waals surface area contributed by atoms with Crippen LogP contribution < -0.4 is 22.4 Å². The molecule has 0 fully saturated rings. The molecule has 110 valence electrons. The first-order valence-corrected chi connectivity index (χ1v) is 6.24. The van der Waals surface area contributed by atoms with Crippen LogP contribution in [0.3, 0.4) is 0 Å². The van der Waals surface area contributed by atoms with Gasteiger partial charge in [-0.15, -0.1) is 0 Å². The summed E-state index contributed by atoms with van der Waals surface area (Å²) in [6, 6.07) is 9.81. The van der Waals surface area contributed by atoms with Crippen LogP contribution in [0.1, 0.15) is 5.56 Å². The zero-order valence-corrected chi connectivity index (χ0v) is 12.4. The molecular formula is C14H12Cl2FN3O. The first-order valence-electron chi connectivity index (χ1n) is 5.87. The Morgan fingerprint density at radius 2 is 2.00 bits per heavy atom. The maximum atomic E-state index is 13.4. The second-order valence-corrected chi connectivity index (χ2v) is 4.38. The maximum Gasteiger partial charge on any atom is 0.305 e. The average molecular weight is 328 g/mol. The van der Waals surface area contributed by atoms with Gasteiger partial charge in [0.2, 0.25) is 6.54 Å². The number of aromatic nitrogens is 1. The summed E-state index contributed by atoms with van der Waals surface area (Å²) in [5, 5.41) is 3.93. The number of hydrogen-bond acceptors (Lipinski definition) is 2. The van der Waals surface area contributed by atoms with Gasteiger partial charge < -0.3 is 12.4 Å². The standard InChI is InChI=1S/C14H11ClFN3O.ClH/c15-12-5-4-6-13(16)11(12)9-17-18-14(20)10-19-7-2-1-3-8-19;/h1-9H,10H2;1H. The molecular weight excluding hydrogens is 316 g/mol. The minimum absolute atomic E-state index is 0. The molecule has 0 unspecified atom stereocenters. The van der Waals surface area contributed by atoms with Gasteiger partial charge in [0.15, 0.2) is 12.4 Å². The summed E-state index contributed by atoms with van der Waals surface area (Å²) in [7, 11) is 0. The predicted octanol–water partition coefficient (Wildman–Crippen LogP) is -1.08. The van der Waals surface area contributed by atoms with Gasteiger partial charge in [0.25, 0.3) is 0 Å². The SMILES string of the molecule is O=C(C[n+]1ccccc1)NN=Cc1c(F)cccc1Cl.[Cl-]. The Labute approximate surface area is 132 Å². The fraction of sp³-hybridized carbons (Fsp3) is 0.0714. The number of halogens is 3.